The Hall–Kier alpha value is -0.610. The Kier molecular flexibility index (Phi) is 5.22. The number of hydrogen-bond acceptors (Lipinski definition) is 3. The number of likely N-dealkylation sites (N-methyl/N-ethyl adjacent to an activating group) is 1. The zero-order valence-corrected chi connectivity index (χ0v) is 12.7. The average Bonchev–Trinajstić information content (AvgIpc) is 3.10. The molecule has 4 nitrogen and oxygen atoms in total. The van der Waals surface area contributed by atoms with Gasteiger partial charge < -0.3 is 10.2 Å². The summed E-state index contributed by atoms with van der Waals surface area (Å²) in [5.74, 6) is 1.16. The van der Waals surface area contributed by atoms with Gasteiger partial charge in [-0.15, -0.1) is 0 Å². The van der Waals surface area contributed by atoms with Crippen molar-refractivity contribution in [2.24, 2.45) is 5.92 Å². The Morgan fingerprint density at radius 2 is 2.00 bits per heavy atom. The molecule has 110 valence electrons. The van der Waals surface area contributed by atoms with E-state index in [1.54, 1.807) is 4.90 Å². The molecule has 1 saturated heterocycles. The van der Waals surface area contributed by atoms with Gasteiger partial charge in [-0.05, 0) is 31.6 Å². The topological polar surface area (TPSA) is 35.6 Å². The molecule has 2 atom stereocenters. The number of amides is 1. The quantitative estimate of drug-likeness (QED) is 0.788. The summed E-state index contributed by atoms with van der Waals surface area (Å²) >= 11 is 0. The molecule has 0 aromatic carbocycles. The lowest BCUT2D eigenvalue weighted by Crippen LogP contribution is -2.46. The predicted octanol–water partition coefficient (Wildman–Crippen LogP) is 1.32. The molecule has 2 aliphatic rings. The van der Waals surface area contributed by atoms with Gasteiger partial charge in [0.15, 0.2) is 0 Å². The third-order valence-electron chi connectivity index (χ3n) is 4.48. The molecule has 1 aliphatic carbocycles. The van der Waals surface area contributed by atoms with E-state index in [0.717, 1.165) is 25.0 Å². The van der Waals surface area contributed by atoms with Gasteiger partial charge in [-0.25, -0.2) is 0 Å². The molecule has 4 heteroatoms. The Morgan fingerprint density at radius 1 is 1.32 bits per heavy atom. The van der Waals surface area contributed by atoms with E-state index in [4.69, 9.17) is 0 Å². The number of hydrogen-bond donors (Lipinski definition) is 1. The van der Waals surface area contributed by atoms with Crippen molar-refractivity contribution in [1.29, 1.82) is 0 Å². The molecule has 0 bridgehead atoms. The van der Waals surface area contributed by atoms with Gasteiger partial charge >= 0.3 is 0 Å². The van der Waals surface area contributed by atoms with E-state index >= 15 is 0 Å². The van der Waals surface area contributed by atoms with Crippen LogP contribution in [0.25, 0.3) is 0 Å². The van der Waals surface area contributed by atoms with Crippen molar-refractivity contribution in [3.8, 4) is 0 Å². The summed E-state index contributed by atoms with van der Waals surface area (Å²) in [5.41, 5.74) is 0. The standard InChI is InChI=1S/C15H29N3O/c1-4-5-12-10-14(12)16-13-6-8-18(9-7-13)11-15(19)17(2)3/h12-14,16H,4-11H2,1-3H3. The predicted molar refractivity (Wildman–Crippen MR) is 78.1 cm³/mol. The maximum Gasteiger partial charge on any atom is 0.236 e. The first-order chi connectivity index (χ1) is 9.10. The van der Waals surface area contributed by atoms with Crippen LogP contribution in [-0.4, -0.2) is 61.5 Å². The van der Waals surface area contributed by atoms with Crippen LogP contribution >= 0.6 is 0 Å². The fraction of sp³-hybridized carbons (Fsp3) is 0.933. The van der Waals surface area contributed by atoms with E-state index in [0.29, 0.717) is 12.6 Å². The molecule has 0 spiro atoms. The van der Waals surface area contributed by atoms with Crippen molar-refractivity contribution in [2.45, 2.75) is 51.1 Å². The van der Waals surface area contributed by atoms with Crippen LogP contribution in [0.1, 0.15) is 39.0 Å². The van der Waals surface area contributed by atoms with E-state index in [1.807, 2.05) is 14.1 Å². The number of carbonyl (C=O) groups excluding carboxylic acids is 1. The maximum atomic E-state index is 11.7. The molecular formula is C15H29N3O. The first-order valence-corrected chi connectivity index (χ1v) is 7.78. The van der Waals surface area contributed by atoms with Crippen molar-refractivity contribution in [1.82, 2.24) is 15.1 Å². The lowest BCUT2D eigenvalue weighted by atomic mass is 10.0. The third-order valence-corrected chi connectivity index (χ3v) is 4.48. The Balaban J connectivity index is 1.62. The van der Waals surface area contributed by atoms with E-state index in [1.165, 1.54) is 32.1 Å². The van der Waals surface area contributed by atoms with Crippen LogP contribution in [0.15, 0.2) is 0 Å². The minimum atomic E-state index is 0.219. The van der Waals surface area contributed by atoms with E-state index in [9.17, 15) is 4.79 Å². The summed E-state index contributed by atoms with van der Waals surface area (Å²) in [6.45, 7) is 4.97. The average molecular weight is 267 g/mol. The number of likely N-dealkylation sites (tertiary alicyclic amines) is 1. The fourth-order valence-corrected chi connectivity index (χ4v) is 3.03. The van der Waals surface area contributed by atoms with Crippen molar-refractivity contribution >= 4 is 5.91 Å². The van der Waals surface area contributed by atoms with E-state index in [2.05, 4.69) is 17.1 Å². The summed E-state index contributed by atoms with van der Waals surface area (Å²) in [6, 6.07) is 1.47. The van der Waals surface area contributed by atoms with Crippen molar-refractivity contribution in [3.05, 3.63) is 0 Å². The number of nitrogens with one attached hydrogen (secondary N) is 1. The minimum absolute atomic E-state index is 0.219. The lowest BCUT2D eigenvalue weighted by molar-refractivity contribution is -0.130. The molecule has 2 unspecified atom stereocenters. The first kappa shape index (κ1) is 14.8. The van der Waals surface area contributed by atoms with Crippen LogP contribution in [0.3, 0.4) is 0 Å². The van der Waals surface area contributed by atoms with E-state index < -0.39 is 0 Å². The van der Waals surface area contributed by atoms with Gasteiger partial charge in [0.2, 0.25) is 5.91 Å². The van der Waals surface area contributed by atoms with Gasteiger partial charge in [0.1, 0.15) is 0 Å². The summed E-state index contributed by atoms with van der Waals surface area (Å²) in [5, 5.41) is 3.80. The minimum Gasteiger partial charge on any atom is -0.348 e. The summed E-state index contributed by atoms with van der Waals surface area (Å²) in [4.78, 5) is 15.6. The smallest absolute Gasteiger partial charge is 0.236 e. The zero-order chi connectivity index (χ0) is 13.8. The molecule has 1 saturated carbocycles. The lowest BCUT2D eigenvalue weighted by Gasteiger charge is -2.32. The SMILES string of the molecule is CCCC1CC1NC1CCN(CC(=O)N(C)C)CC1. The molecule has 1 heterocycles. The molecule has 1 aliphatic heterocycles. The summed E-state index contributed by atoms with van der Waals surface area (Å²) in [6.07, 6.45) is 6.46. The Labute approximate surface area is 117 Å². The highest BCUT2D eigenvalue weighted by atomic mass is 16.2. The summed E-state index contributed by atoms with van der Waals surface area (Å²) in [7, 11) is 3.66. The molecule has 0 aromatic rings. The van der Waals surface area contributed by atoms with Crippen LogP contribution in [-0.2, 0) is 4.79 Å². The van der Waals surface area contributed by atoms with Crippen molar-refractivity contribution in [3.63, 3.8) is 0 Å². The summed E-state index contributed by atoms with van der Waals surface area (Å²) < 4.78 is 0. The molecule has 1 amide bonds. The highest BCUT2D eigenvalue weighted by molar-refractivity contribution is 5.77. The second-order valence-corrected chi connectivity index (χ2v) is 6.40. The maximum absolute atomic E-state index is 11.7. The van der Waals surface area contributed by atoms with Crippen molar-refractivity contribution in [2.75, 3.05) is 33.7 Å². The molecule has 0 radical (unpaired) electrons. The van der Waals surface area contributed by atoms with Crippen molar-refractivity contribution < 1.29 is 4.79 Å². The van der Waals surface area contributed by atoms with Crippen LogP contribution in [0.2, 0.25) is 0 Å². The molecule has 19 heavy (non-hydrogen) atoms. The fourth-order valence-electron chi connectivity index (χ4n) is 3.03. The van der Waals surface area contributed by atoms with Gasteiger partial charge in [0.25, 0.3) is 0 Å². The van der Waals surface area contributed by atoms with Gasteiger partial charge in [-0.3, -0.25) is 9.69 Å². The molecule has 2 rings (SSSR count). The van der Waals surface area contributed by atoms with Gasteiger partial charge in [0.05, 0.1) is 6.54 Å². The number of carbonyl (C=O) groups is 1. The zero-order valence-electron chi connectivity index (χ0n) is 12.7. The number of nitrogens with zero attached hydrogens (tertiary/aromatic N) is 2. The second-order valence-electron chi connectivity index (χ2n) is 6.40. The van der Waals surface area contributed by atoms with Gasteiger partial charge in [-0.1, -0.05) is 13.3 Å². The Bertz CT molecular complexity index is 298. The van der Waals surface area contributed by atoms with Crippen LogP contribution < -0.4 is 5.32 Å². The van der Waals surface area contributed by atoms with Crippen LogP contribution in [0.4, 0.5) is 0 Å². The second kappa shape index (κ2) is 6.71. The van der Waals surface area contributed by atoms with E-state index in [-0.39, 0.29) is 5.91 Å². The van der Waals surface area contributed by atoms with Crippen LogP contribution in [0, 0.1) is 5.92 Å². The molecular weight excluding hydrogens is 238 g/mol. The molecule has 2 fully saturated rings. The molecule has 0 aromatic heterocycles. The third kappa shape index (κ3) is 4.46. The van der Waals surface area contributed by atoms with Gasteiger partial charge in [-0.2, -0.15) is 0 Å². The highest BCUT2D eigenvalue weighted by Crippen LogP contribution is 2.35. The monoisotopic (exact) mass is 267 g/mol. The number of rotatable bonds is 6. The highest BCUT2D eigenvalue weighted by Gasteiger charge is 2.37. The number of piperidine rings is 1. The first-order valence-electron chi connectivity index (χ1n) is 7.78. The Morgan fingerprint density at radius 3 is 2.58 bits per heavy atom. The van der Waals surface area contributed by atoms with Gasteiger partial charge in [0, 0.05) is 39.3 Å². The largest absolute Gasteiger partial charge is 0.348 e. The normalized spacial score (nSPS) is 28.4. The molecule has 1 N–H and O–H groups in total. The van der Waals surface area contributed by atoms with Crippen LogP contribution in [0.5, 0.6) is 0 Å².